The first kappa shape index (κ1) is 17.0. The fourth-order valence-corrected chi connectivity index (χ4v) is 3.75. The number of halogens is 2. The first-order valence-corrected chi connectivity index (χ1v) is 8.93. The zero-order valence-electron chi connectivity index (χ0n) is 14.0. The molecule has 0 aliphatic rings. The van der Waals surface area contributed by atoms with Crippen molar-refractivity contribution in [1.82, 2.24) is 0 Å². The Balaban J connectivity index is 2.04. The molecule has 0 radical (unpaired) electrons. The van der Waals surface area contributed by atoms with Crippen LogP contribution in [0.5, 0.6) is 11.5 Å². The van der Waals surface area contributed by atoms with Crippen LogP contribution in [0.15, 0.2) is 24.3 Å². The highest BCUT2D eigenvalue weighted by Crippen LogP contribution is 2.41. The van der Waals surface area contributed by atoms with Gasteiger partial charge in [0.15, 0.2) is 23.1 Å². The molecule has 0 bridgehead atoms. The second-order valence-electron chi connectivity index (χ2n) is 6.07. The molecule has 0 unspecified atom stereocenters. The van der Waals surface area contributed by atoms with Gasteiger partial charge >= 0.3 is 0 Å². The van der Waals surface area contributed by atoms with Crippen molar-refractivity contribution in [3.05, 3.63) is 35.9 Å². The Bertz CT molecular complexity index is 871. The molecule has 0 saturated carbocycles. The molecule has 1 aromatic heterocycles. The Morgan fingerprint density at radius 2 is 1.46 bits per heavy atom. The molecule has 2 aromatic carbocycles. The lowest BCUT2D eigenvalue weighted by Crippen LogP contribution is -2.02. The average Bonchev–Trinajstić information content (AvgIpc) is 2.92. The van der Waals surface area contributed by atoms with Gasteiger partial charge in [0.2, 0.25) is 0 Å². The molecular formula is C19H20F2O2S. The first-order chi connectivity index (χ1) is 11.5. The van der Waals surface area contributed by atoms with E-state index in [0.29, 0.717) is 39.3 Å². The van der Waals surface area contributed by atoms with E-state index in [0.717, 1.165) is 17.8 Å². The number of ether oxygens (including phenoxy) is 2. The molecule has 0 amide bonds. The van der Waals surface area contributed by atoms with Gasteiger partial charge in [-0.05, 0) is 43.5 Å². The van der Waals surface area contributed by atoms with E-state index in [1.165, 1.54) is 0 Å². The van der Waals surface area contributed by atoms with E-state index in [1.807, 2.05) is 0 Å². The molecule has 3 aromatic rings. The second kappa shape index (κ2) is 6.93. The van der Waals surface area contributed by atoms with Crippen LogP contribution in [-0.4, -0.2) is 13.2 Å². The van der Waals surface area contributed by atoms with Gasteiger partial charge in [0.05, 0.1) is 22.6 Å². The summed E-state index contributed by atoms with van der Waals surface area (Å²) < 4.78 is 41.0. The maximum atomic E-state index is 14.7. The minimum Gasteiger partial charge on any atom is -0.491 e. The summed E-state index contributed by atoms with van der Waals surface area (Å²) in [6.45, 7) is 6.83. The van der Waals surface area contributed by atoms with Gasteiger partial charge in [-0.3, -0.25) is 0 Å². The summed E-state index contributed by atoms with van der Waals surface area (Å²) in [6.07, 6.45) is 0.857. The predicted molar refractivity (Wildman–Crippen MR) is 95.4 cm³/mol. The molecule has 5 heteroatoms. The molecule has 1 heterocycles. The topological polar surface area (TPSA) is 18.5 Å². The van der Waals surface area contributed by atoms with E-state index in [2.05, 4.69) is 13.8 Å². The van der Waals surface area contributed by atoms with Crippen molar-refractivity contribution < 1.29 is 18.3 Å². The van der Waals surface area contributed by atoms with Crippen LogP contribution in [0.1, 0.15) is 27.2 Å². The lowest BCUT2D eigenvalue weighted by atomic mass is 10.1. The minimum atomic E-state index is -0.433. The van der Waals surface area contributed by atoms with Crippen LogP contribution < -0.4 is 9.47 Å². The van der Waals surface area contributed by atoms with E-state index in [-0.39, 0.29) is 11.5 Å². The van der Waals surface area contributed by atoms with Crippen LogP contribution >= 0.6 is 11.3 Å². The number of hydrogen-bond acceptors (Lipinski definition) is 3. The summed E-state index contributed by atoms with van der Waals surface area (Å²) >= 11 is 1.10. The van der Waals surface area contributed by atoms with Crippen molar-refractivity contribution >= 4 is 31.5 Å². The summed E-state index contributed by atoms with van der Waals surface area (Å²) in [6, 6.07) is 6.79. The standard InChI is InChI=1S/C19H20F2O2S/c1-4-22-14-7-5-12-13-6-8-15(23-10-9-11(2)3)17(21)19(13)24-18(12)16(14)20/h5-8,11H,4,9-10H2,1-3H3. The summed E-state index contributed by atoms with van der Waals surface area (Å²) in [7, 11) is 0. The fraction of sp³-hybridized carbons (Fsp3) is 0.368. The lowest BCUT2D eigenvalue weighted by Gasteiger charge is -2.09. The molecule has 0 fully saturated rings. The maximum Gasteiger partial charge on any atom is 0.182 e. The quantitative estimate of drug-likeness (QED) is 0.530. The number of hydrogen-bond donors (Lipinski definition) is 0. The molecule has 0 aliphatic heterocycles. The van der Waals surface area contributed by atoms with Gasteiger partial charge in [-0.2, -0.15) is 0 Å². The molecule has 0 atom stereocenters. The summed E-state index contributed by atoms with van der Waals surface area (Å²) in [5.41, 5.74) is 0. The molecule has 128 valence electrons. The van der Waals surface area contributed by atoms with Gasteiger partial charge in [0.25, 0.3) is 0 Å². The van der Waals surface area contributed by atoms with Crippen LogP contribution in [0.3, 0.4) is 0 Å². The molecule has 0 saturated heterocycles. The normalized spacial score (nSPS) is 11.6. The molecule has 0 N–H and O–H groups in total. The highest BCUT2D eigenvalue weighted by molar-refractivity contribution is 7.25. The van der Waals surface area contributed by atoms with Crippen LogP contribution in [0.25, 0.3) is 20.2 Å². The van der Waals surface area contributed by atoms with E-state index in [9.17, 15) is 8.78 Å². The van der Waals surface area contributed by atoms with Gasteiger partial charge in [0.1, 0.15) is 0 Å². The summed E-state index contributed by atoms with van der Waals surface area (Å²) in [5.74, 6) is 0.0600. The largest absolute Gasteiger partial charge is 0.491 e. The number of thiophene rings is 1. The van der Waals surface area contributed by atoms with Crippen LogP contribution in [0.4, 0.5) is 8.78 Å². The zero-order chi connectivity index (χ0) is 17.3. The molecule has 0 spiro atoms. The number of rotatable bonds is 6. The third kappa shape index (κ3) is 3.05. The van der Waals surface area contributed by atoms with E-state index in [4.69, 9.17) is 9.47 Å². The summed E-state index contributed by atoms with van der Waals surface area (Å²) in [5, 5.41) is 1.40. The van der Waals surface area contributed by atoms with Gasteiger partial charge in [0, 0.05) is 10.8 Å². The Labute approximate surface area is 144 Å². The lowest BCUT2D eigenvalue weighted by molar-refractivity contribution is 0.278. The van der Waals surface area contributed by atoms with Crippen molar-refractivity contribution in [3.8, 4) is 11.5 Å². The third-order valence-electron chi connectivity index (χ3n) is 3.87. The second-order valence-corrected chi connectivity index (χ2v) is 7.10. The summed E-state index contributed by atoms with van der Waals surface area (Å²) in [4.78, 5) is 0. The van der Waals surface area contributed by atoms with E-state index < -0.39 is 11.6 Å². The van der Waals surface area contributed by atoms with Gasteiger partial charge in [-0.1, -0.05) is 13.8 Å². The highest BCUT2D eigenvalue weighted by Gasteiger charge is 2.18. The van der Waals surface area contributed by atoms with Crippen molar-refractivity contribution in [2.75, 3.05) is 13.2 Å². The Morgan fingerprint density at radius 3 is 1.96 bits per heavy atom. The first-order valence-electron chi connectivity index (χ1n) is 8.11. The predicted octanol–water partition coefficient (Wildman–Crippen LogP) is 6.16. The Kier molecular flexibility index (Phi) is 4.90. The smallest absolute Gasteiger partial charge is 0.182 e. The van der Waals surface area contributed by atoms with Crippen molar-refractivity contribution in [2.45, 2.75) is 27.2 Å². The van der Waals surface area contributed by atoms with Crippen molar-refractivity contribution in [2.24, 2.45) is 5.92 Å². The molecular weight excluding hydrogens is 330 g/mol. The SMILES string of the molecule is CCOc1ccc2c(sc3c(F)c(OCCC(C)C)ccc32)c1F. The monoisotopic (exact) mass is 350 g/mol. The third-order valence-corrected chi connectivity index (χ3v) is 5.08. The maximum absolute atomic E-state index is 14.7. The van der Waals surface area contributed by atoms with Crippen LogP contribution in [0.2, 0.25) is 0 Å². The van der Waals surface area contributed by atoms with Crippen molar-refractivity contribution in [3.63, 3.8) is 0 Å². The van der Waals surface area contributed by atoms with E-state index in [1.54, 1.807) is 31.2 Å². The van der Waals surface area contributed by atoms with Crippen LogP contribution in [-0.2, 0) is 0 Å². The molecule has 3 rings (SSSR count). The van der Waals surface area contributed by atoms with Gasteiger partial charge < -0.3 is 9.47 Å². The van der Waals surface area contributed by atoms with Crippen LogP contribution in [0, 0.1) is 17.6 Å². The van der Waals surface area contributed by atoms with Gasteiger partial charge in [-0.25, -0.2) is 8.78 Å². The minimum absolute atomic E-state index is 0.199. The average molecular weight is 350 g/mol. The zero-order valence-corrected chi connectivity index (χ0v) is 14.8. The number of fused-ring (bicyclic) bond motifs is 3. The van der Waals surface area contributed by atoms with Crippen molar-refractivity contribution in [1.29, 1.82) is 0 Å². The Morgan fingerprint density at radius 1 is 0.917 bits per heavy atom. The molecule has 2 nitrogen and oxygen atoms in total. The Hall–Kier alpha value is -1.88. The fourth-order valence-electron chi connectivity index (χ4n) is 2.58. The number of benzene rings is 2. The molecule has 24 heavy (non-hydrogen) atoms. The molecule has 0 aliphatic carbocycles. The highest BCUT2D eigenvalue weighted by atomic mass is 32.1. The van der Waals surface area contributed by atoms with E-state index >= 15 is 0 Å². The van der Waals surface area contributed by atoms with Gasteiger partial charge in [-0.15, -0.1) is 11.3 Å².